The van der Waals surface area contributed by atoms with Crippen LogP contribution in [0.5, 0.6) is 0 Å². The summed E-state index contributed by atoms with van der Waals surface area (Å²) in [5.41, 5.74) is 1.72. The van der Waals surface area contributed by atoms with Crippen LogP contribution in [0.25, 0.3) is 5.69 Å². The van der Waals surface area contributed by atoms with E-state index in [9.17, 15) is 22.8 Å². The zero-order valence-corrected chi connectivity index (χ0v) is 18.4. The Balaban J connectivity index is 1.58. The summed E-state index contributed by atoms with van der Waals surface area (Å²) >= 11 is 0. The Bertz CT molecular complexity index is 1360. The van der Waals surface area contributed by atoms with Gasteiger partial charge in [-0.1, -0.05) is 12.1 Å². The molecule has 0 aliphatic rings. The summed E-state index contributed by atoms with van der Waals surface area (Å²) in [6, 6.07) is 16.4. The van der Waals surface area contributed by atoms with Crippen molar-refractivity contribution in [2.75, 3.05) is 5.32 Å². The number of anilines is 1. The number of aromatic nitrogens is 2. The fourth-order valence-corrected chi connectivity index (χ4v) is 3.85. The van der Waals surface area contributed by atoms with E-state index in [0.717, 1.165) is 6.07 Å². The van der Waals surface area contributed by atoms with Gasteiger partial charge in [-0.15, -0.1) is 0 Å². The maximum atomic E-state index is 13.5. The van der Waals surface area contributed by atoms with Crippen molar-refractivity contribution in [2.24, 2.45) is 0 Å². The summed E-state index contributed by atoms with van der Waals surface area (Å²) in [4.78, 5) is 29.3. The monoisotopic (exact) mass is 463 g/mol. The van der Waals surface area contributed by atoms with Crippen LogP contribution in [0.2, 0.25) is 0 Å². The molecule has 1 amide bonds. The molecule has 1 N–H and O–H groups in total. The SMILES string of the molecule is Cc1cc(C(=O)Nc2ccc(C(=O)c3ccncc3)cc2)c(C)n1-c1ccccc1C(F)(F)F. The molecule has 2 aromatic heterocycles. The molecule has 8 heteroatoms. The summed E-state index contributed by atoms with van der Waals surface area (Å²) < 4.78 is 42.0. The summed E-state index contributed by atoms with van der Waals surface area (Å²) in [5, 5.41) is 2.75. The number of nitrogens with one attached hydrogen (secondary N) is 1. The van der Waals surface area contributed by atoms with Gasteiger partial charge in [0.1, 0.15) is 0 Å². The molecule has 0 aliphatic heterocycles. The van der Waals surface area contributed by atoms with Crippen molar-refractivity contribution in [1.29, 1.82) is 0 Å². The second kappa shape index (κ2) is 8.97. The molecule has 2 heterocycles. The maximum absolute atomic E-state index is 13.5. The number of carbonyl (C=O) groups is 2. The molecule has 4 aromatic rings. The van der Waals surface area contributed by atoms with Crippen LogP contribution < -0.4 is 5.32 Å². The van der Waals surface area contributed by atoms with E-state index in [4.69, 9.17) is 0 Å². The Labute approximate surface area is 193 Å². The van der Waals surface area contributed by atoms with Gasteiger partial charge in [-0.3, -0.25) is 14.6 Å². The lowest BCUT2D eigenvalue weighted by Crippen LogP contribution is -2.15. The van der Waals surface area contributed by atoms with E-state index in [1.54, 1.807) is 56.3 Å². The largest absolute Gasteiger partial charge is 0.418 e. The second-order valence-corrected chi connectivity index (χ2v) is 7.73. The summed E-state index contributed by atoms with van der Waals surface area (Å²) in [6.07, 6.45) is -1.46. The predicted molar refractivity (Wildman–Crippen MR) is 122 cm³/mol. The number of alkyl halides is 3. The number of benzene rings is 2. The van der Waals surface area contributed by atoms with E-state index in [1.807, 2.05) is 0 Å². The molecule has 172 valence electrons. The number of halogens is 3. The van der Waals surface area contributed by atoms with Gasteiger partial charge in [-0.25, -0.2) is 0 Å². The highest BCUT2D eigenvalue weighted by atomic mass is 19.4. The van der Waals surface area contributed by atoms with Crippen LogP contribution in [0.4, 0.5) is 18.9 Å². The standard InChI is InChI=1S/C26H20F3N3O2/c1-16-15-21(17(2)32(16)23-6-4-3-5-22(23)26(27,28)29)25(34)31-20-9-7-18(8-10-20)24(33)19-11-13-30-14-12-19/h3-15H,1-2H3,(H,31,34). The van der Waals surface area contributed by atoms with Gasteiger partial charge in [0, 0.05) is 40.6 Å². The molecule has 5 nitrogen and oxygen atoms in total. The van der Waals surface area contributed by atoms with Crippen molar-refractivity contribution in [3.05, 3.63) is 113 Å². The minimum atomic E-state index is -4.53. The van der Waals surface area contributed by atoms with Gasteiger partial charge in [0.2, 0.25) is 0 Å². The lowest BCUT2D eigenvalue weighted by Gasteiger charge is -2.16. The average molecular weight is 463 g/mol. The molecule has 0 fully saturated rings. The first kappa shape index (κ1) is 23.0. The van der Waals surface area contributed by atoms with Gasteiger partial charge in [0.15, 0.2) is 5.78 Å². The molecular weight excluding hydrogens is 443 g/mol. The predicted octanol–water partition coefficient (Wildman–Crippen LogP) is 5.99. The third-order valence-electron chi connectivity index (χ3n) is 5.47. The van der Waals surface area contributed by atoms with Gasteiger partial charge in [0.05, 0.1) is 16.8 Å². The van der Waals surface area contributed by atoms with Gasteiger partial charge in [-0.05, 0) is 68.4 Å². The highest BCUT2D eigenvalue weighted by molar-refractivity contribution is 6.09. The molecular formula is C26H20F3N3O2. The van der Waals surface area contributed by atoms with Crippen molar-refractivity contribution in [1.82, 2.24) is 9.55 Å². The molecule has 34 heavy (non-hydrogen) atoms. The number of aryl methyl sites for hydroxylation is 1. The van der Waals surface area contributed by atoms with E-state index < -0.39 is 17.6 Å². The Morgan fingerprint density at radius 1 is 0.882 bits per heavy atom. The minimum absolute atomic E-state index is 0.0389. The molecule has 0 radical (unpaired) electrons. The molecule has 0 spiro atoms. The third-order valence-corrected chi connectivity index (χ3v) is 5.47. The Kier molecular flexibility index (Phi) is 6.06. The topological polar surface area (TPSA) is 64.0 Å². The number of carbonyl (C=O) groups excluding carboxylic acids is 2. The van der Waals surface area contributed by atoms with Crippen molar-refractivity contribution in [3.8, 4) is 5.69 Å². The molecule has 0 saturated heterocycles. The molecule has 0 atom stereocenters. The first-order chi connectivity index (χ1) is 16.2. The molecule has 4 rings (SSSR count). The number of ketones is 1. The lowest BCUT2D eigenvalue weighted by molar-refractivity contribution is -0.137. The molecule has 0 bridgehead atoms. The number of hydrogen-bond donors (Lipinski definition) is 1. The fourth-order valence-electron chi connectivity index (χ4n) is 3.85. The Morgan fingerprint density at radius 2 is 1.50 bits per heavy atom. The molecule has 2 aromatic carbocycles. The fraction of sp³-hybridized carbons (Fsp3) is 0.115. The zero-order valence-electron chi connectivity index (χ0n) is 18.4. The van der Waals surface area contributed by atoms with Crippen LogP contribution in [0.15, 0.2) is 79.1 Å². The van der Waals surface area contributed by atoms with Crippen LogP contribution in [0.3, 0.4) is 0 Å². The quantitative estimate of drug-likeness (QED) is 0.370. The van der Waals surface area contributed by atoms with Crippen LogP contribution in [0, 0.1) is 13.8 Å². The number of para-hydroxylation sites is 1. The van der Waals surface area contributed by atoms with Crippen LogP contribution in [-0.2, 0) is 6.18 Å². The van der Waals surface area contributed by atoms with Gasteiger partial charge in [0.25, 0.3) is 5.91 Å². The van der Waals surface area contributed by atoms with Crippen molar-refractivity contribution >= 4 is 17.4 Å². The van der Waals surface area contributed by atoms with Crippen LogP contribution in [-0.4, -0.2) is 21.2 Å². The van der Waals surface area contributed by atoms with Crippen molar-refractivity contribution in [3.63, 3.8) is 0 Å². The first-order valence-electron chi connectivity index (χ1n) is 10.4. The normalized spacial score (nSPS) is 11.3. The van der Waals surface area contributed by atoms with Gasteiger partial charge >= 0.3 is 6.18 Å². The van der Waals surface area contributed by atoms with Crippen molar-refractivity contribution in [2.45, 2.75) is 20.0 Å². The molecule has 0 aliphatic carbocycles. The highest BCUT2D eigenvalue weighted by Gasteiger charge is 2.34. The first-order valence-corrected chi connectivity index (χ1v) is 10.4. The lowest BCUT2D eigenvalue weighted by atomic mass is 10.0. The third kappa shape index (κ3) is 4.47. The number of amides is 1. The zero-order chi connectivity index (χ0) is 24.5. The van der Waals surface area contributed by atoms with Crippen LogP contribution in [0.1, 0.15) is 43.2 Å². The van der Waals surface area contributed by atoms with E-state index in [1.165, 1.54) is 35.2 Å². The number of pyridine rings is 1. The van der Waals surface area contributed by atoms with Gasteiger partial charge < -0.3 is 9.88 Å². The van der Waals surface area contributed by atoms with E-state index in [-0.39, 0.29) is 17.0 Å². The highest BCUT2D eigenvalue weighted by Crippen LogP contribution is 2.35. The number of nitrogens with zero attached hydrogens (tertiary/aromatic N) is 2. The average Bonchev–Trinajstić information content (AvgIpc) is 3.13. The van der Waals surface area contributed by atoms with Crippen molar-refractivity contribution < 1.29 is 22.8 Å². The second-order valence-electron chi connectivity index (χ2n) is 7.73. The van der Waals surface area contributed by atoms with Gasteiger partial charge in [-0.2, -0.15) is 13.2 Å². The Morgan fingerprint density at radius 3 is 2.15 bits per heavy atom. The smallest absolute Gasteiger partial charge is 0.322 e. The molecule has 0 unspecified atom stereocenters. The van der Waals surface area contributed by atoms with E-state index in [2.05, 4.69) is 10.3 Å². The van der Waals surface area contributed by atoms with E-state index in [0.29, 0.717) is 28.2 Å². The Hall–Kier alpha value is -4.20. The summed E-state index contributed by atoms with van der Waals surface area (Å²) in [7, 11) is 0. The number of rotatable bonds is 5. The number of hydrogen-bond acceptors (Lipinski definition) is 3. The molecule has 0 saturated carbocycles. The summed E-state index contributed by atoms with van der Waals surface area (Å²) in [5.74, 6) is -0.635. The minimum Gasteiger partial charge on any atom is -0.322 e. The maximum Gasteiger partial charge on any atom is 0.418 e. The summed E-state index contributed by atoms with van der Waals surface area (Å²) in [6.45, 7) is 3.25. The van der Waals surface area contributed by atoms with E-state index >= 15 is 0 Å². The van der Waals surface area contributed by atoms with Crippen LogP contribution >= 0.6 is 0 Å².